The topological polar surface area (TPSA) is 110 Å². The number of piperazine rings is 1. The van der Waals surface area contributed by atoms with Gasteiger partial charge in [-0.1, -0.05) is 12.1 Å². The van der Waals surface area contributed by atoms with Crippen molar-refractivity contribution in [1.29, 1.82) is 0 Å². The molecule has 1 saturated heterocycles. The van der Waals surface area contributed by atoms with Crippen molar-refractivity contribution in [1.82, 2.24) is 9.21 Å². The number of rotatable bonds is 5. The van der Waals surface area contributed by atoms with E-state index >= 15 is 0 Å². The van der Waals surface area contributed by atoms with Crippen LogP contribution in [-0.4, -0.2) is 61.7 Å². The lowest BCUT2D eigenvalue weighted by Crippen LogP contribution is -2.50. The van der Waals surface area contributed by atoms with Crippen LogP contribution < -0.4 is 4.74 Å². The molecule has 148 valence electrons. The minimum absolute atomic E-state index is 0.112. The second kappa shape index (κ2) is 7.95. The molecule has 0 atom stereocenters. The summed E-state index contributed by atoms with van der Waals surface area (Å²) in [5.41, 5.74) is 0.183. The third kappa shape index (κ3) is 3.97. The summed E-state index contributed by atoms with van der Waals surface area (Å²) in [7, 11) is -2.36. The van der Waals surface area contributed by atoms with Crippen LogP contribution in [-0.2, 0) is 10.0 Å². The number of carbonyl (C=O) groups is 1. The fourth-order valence-corrected chi connectivity index (χ4v) is 4.44. The summed E-state index contributed by atoms with van der Waals surface area (Å²) >= 11 is 0. The molecule has 3 rings (SSSR count). The van der Waals surface area contributed by atoms with Crippen LogP contribution in [0.3, 0.4) is 0 Å². The zero-order chi connectivity index (χ0) is 20.3. The molecule has 28 heavy (non-hydrogen) atoms. The molecule has 1 aliphatic rings. The summed E-state index contributed by atoms with van der Waals surface area (Å²) in [6.45, 7) is 0.676. The first kappa shape index (κ1) is 19.8. The van der Waals surface area contributed by atoms with Crippen molar-refractivity contribution in [3.63, 3.8) is 0 Å². The third-order valence-corrected chi connectivity index (χ3v) is 6.40. The van der Waals surface area contributed by atoms with E-state index < -0.39 is 14.9 Å². The predicted octanol–water partition coefficient (Wildman–Crippen LogP) is 1.75. The average Bonchev–Trinajstić information content (AvgIpc) is 2.73. The highest BCUT2D eigenvalue weighted by atomic mass is 32.2. The van der Waals surface area contributed by atoms with Crippen molar-refractivity contribution >= 4 is 21.6 Å². The number of benzene rings is 2. The third-order valence-electron chi connectivity index (χ3n) is 4.51. The number of nitro benzene ring substituents is 1. The van der Waals surface area contributed by atoms with Gasteiger partial charge in [0.15, 0.2) is 0 Å². The van der Waals surface area contributed by atoms with E-state index in [4.69, 9.17) is 4.74 Å². The van der Waals surface area contributed by atoms with Gasteiger partial charge in [0.1, 0.15) is 5.75 Å². The van der Waals surface area contributed by atoms with Crippen LogP contribution in [0.1, 0.15) is 10.4 Å². The Balaban J connectivity index is 1.71. The summed E-state index contributed by atoms with van der Waals surface area (Å²) in [5.74, 6) is 0.365. The molecular weight excluding hydrogens is 386 g/mol. The lowest BCUT2D eigenvalue weighted by atomic mass is 10.1. The smallest absolute Gasteiger partial charge is 0.270 e. The van der Waals surface area contributed by atoms with Gasteiger partial charge in [-0.3, -0.25) is 14.9 Å². The van der Waals surface area contributed by atoms with Gasteiger partial charge in [0.05, 0.1) is 16.9 Å². The zero-order valence-corrected chi connectivity index (χ0v) is 16.0. The maximum Gasteiger partial charge on any atom is 0.270 e. The maximum atomic E-state index is 12.8. The highest BCUT2D eigenvalue weighted by Crippen LogP contribution is 2.23. The van der Waals surface area contributed by atoms with Crippen molar-refractivity contribution < 1.29 is 22.9 Å². The van der Waals surface area contributed by atoms with Crippen molar-refractivity contribution in [2.45, 2.75) is 4.90 Å². The van der Waals surface area contributed by atoms with Gasteiger partial charge in [-0.05, 0) is 24.3 Å². The lowest BCUT2D eigenvalue weighted by molar-refractivity contribution is -0.385. The van der Waals surface area contributed by atoms with E-state index in [9.17, 15) is 23.3 Å². The van der Waals surface area contributed by atoms with Crippen molar-refractivity contribution in [2.24, 2.45) is 0 Å². The fourth-order valence-electron chi connectivity index (χ4n) is 2.98. The number of non-ortho nitro benzene ring substituents is 1. The molecule has 2 aromatic rings. The molecule has 0 spiro atoms. The first-order valence-electron chi connectivity index (χ1n) is 8.51. The van der Waals surface area contributed by atoms with E-state index in [0.29, 0.717) is 11.3 Å². The van der Waals surface area contributed by atoms with Crippen LogP contribution in [0.25, 0.3) is 0 Å². The molecule has 0 radical (unpaired) electrons. The van der Waals surface area contributed by atoms with E-state index in [1.165, 1.54) is 29.6 Å². The van der Waals surface area contributed by atoms with Crippen molar-refractivity contribution in [3.05, 3.63) is 64.2 Å². The van der Waals surface area contributed by atoms with Gasteiger partial charge in [0, 0.05) is 43.9 Å². The Bertz CT molecular complexity index is 1000. The lowest BCUT2D eigenvalue weighted by Gasteiger charge is -2.34. The monoisotopic (exact) mass is 405 g/mol. The van der Waals surface area contributed by atoms with Crippen molar-refractivity contribution in [2.75, 3.05) is 33.3 Å². The molecule has 2 aromatic carbocycles. The summed E-state index contributed by atoms with van der Waals surface area (Å²) < 4.78 is 31.9. The number of sulfonamides is 1. The van der Waals surface area contributed by atoms with Crippen LogP contribution in [0.4, 0.5) is 5.69 Å². The number of ether oxygens (including phenoxy) is 1. The Kier molecular flexibility index (Phi) is 5.61. The Labute approximate surface area is 162 Å². The molecule has 0 bridgehead atoms. The number of methoxy groups -OCH3 is 1. The number of carbonyl (C=O) groups excluding carboxylic acids is 1. The molecule has 0 aliphatic carbocycles. The number of nitro groups is 1. The first-order chi connectivity index (χ1) is 13.3. The molecule has 1 aliphatic heterocycles. The number of hydrogen-bond donors (Lipinski definition) is 0. The molecule has 1 amide bonds. The molecule has 0 unspecified atom stereocenters. The predicted molar refractivity (Wildman–Crippen MR) is 101 cm³/mol. The van der Waals surface area contributed by atoms with Crippen LogP contribution in [0.15, 0.2) is 53.4 Å². The minimum Gasteiger partial charge on any atom is -0.497 e. The van der Waals surface area contributed by atoms with Gasteiger partial charge in [-0.25, -0.2) is 8.42 Å². The van der Waals surface area contributed by atoms with E-state index in [1.54, 1.807) is 29.2 Å². The van der Waals surface area contributed by atoms with Crippen LogP contribution in [0, 0.1) is 10.1 Å². The van der Waals surface area contributed by atoms with Gasteiger partial charge in [-0.15, -0.1) is 0 Å². The van der Waals surface area contributed by atoms with Gasteiger partial charge < -0.3 is 9.64 Å². The summed E-state index contributed by atoms with van der Waals surface area (Å²) in [5, 5.41) is 10.9. The second-order valence-corrected chi connectivity index (χ2v) is 8.12. The molecule has 0 saturated carbocycles. The van der Waals surface area contributed by atoms with Gasteiger partial charge in [-0.2, -0.15) is 4.31 Å². The maximum absolute atomic E-state index is 12.8. The summed E-state index contributed by atoms with van der Waals surface area (Å²) in [6, 6.07) is 11.7. The highest BCUT2D eigenvalue weighted by molar-refractivity contribution is 7.89. The quantitative estimate of drug-likeness (QED) is 0.554. The highest BCUT2D eigenvalue weighted by Gasteiger charge is 2.31. The Morgan fingerprint density at radius 1 is 1.07 bits per heavy atom. The normalized spacial score (nSPS) is 15.2. The molecule has 0 N–H and O–H groups in total. The number of nitrogens with zero attached hydrogens (tertiary/aromatic N) is 3. The Morgan fingerprint density at radius 2 is 1.75 bits per heavy atom. The van der Waals surface area contributed by atoms with Crippen LogP contribution in [0.5, 0.6) is 5.75 Å². The first-order valence-corrected chi connectivity index (χ1v) is 9.95. The Hall–Kier alpha value is -2.98. The van der Waals surface area contributed by atoms with E-state index in [2.05, 4.69) is 0 Å². The molecule has 0 aromatic heterocycles. The SMILES string of the molecule is COc1cccc(C(=O)N2CCN(S(=O)(=O)c3cccc([N+](=O)[O-])c3)CC2)c1. The molecule has 10 heteroatoms. The van der Waals surface area contributed by atoms with Gasteiger partial charge in [0.2, 0.25) is 10.0 Å². The van der Waals surface area contributed by atoms with E-state index in [-0.39, 0.29) is 42.7 Å². The van der Waals surface area contributed by atoms with Crippen LogP contribution in [0.2, 0.25) is 0 Å². The average molecular weight is 405 g/mol. The van der Waals surface area contributed by atoms with E-state index in [0.717, 1.165) is 6.07 Å². The molecular formula is C18H19N3O6S. The van der Waals surface area contributed by atoms with Crippen molar-refractivity contribution in [3.8, 4) is 5.75 Å². The Morgan fingerprint density at radius 3 is 2.39 bits per heavy atom. The molecule has 1 heterocycles. The fraction of sp³-hybridized carbons (Fsp3) is 0.278. The standard InChI is InChI=1S/C18H19N3O6S/c1-27-16-6-2-4-14(12-16)18(22)19-8-10-20(11-9-19)28(25,26)17-7-3-5-15(13-17)21(23)24/h2-7,12-13H,8-11H2,1H3. The molecule has 1 fully saturated rings. The van der Waals surface area contributed by atoms with Gasteiger partial charge in [0.25, 0.3) is 11.6 Å². The number of hydrogen-bond acceptors (Lipinski definition) is 6. The zero-order valence-electron chi connectivity index (χ0n) is 15.1. The largest absolute Gasteiger partial charge is 0.497 e. The van der Waals surface area contributed by atoms with Gasteiger partial charge >= 0.3 is 0 Å². The number of amides is 1. The summed E-state index contributed by atoms with van der Waals surface area (Å²) in [6.07, 6.45) is 0. The second-order valence-electron chi connectivity index (χ2n) is 6.18. The minimum atomic E-state index is -3.87. The van der Waals surface area contributed by atoms with Crippen LogP contribution >= 0.6 is 0 Å². The van der Waals surface area contributed by atoms with E-state index in [1.807, 2.05) is 0 Å². The summed E-state index contributed by atoms with van der Waals surface area (Å²) in [4.78, 5) is 24.4. The molecule has 9 nitrogen and oxygen atoms in total.